The molecule has 0 unspecified atom stereocenters. The number of amides is 1. The molecule has 1 fully saturated rings. The van der Waals surface area contributed by atoms with Gasteiger partial charge in [0.05, 0.1) is 12.3 Å². The second kappa shape index (κ2) is 6.54. The molecule has 1 aromatic heterocycles. The van der Waals surface area contributed by atoms with Crippen molar-refractivity contribution in [2.24, 2.45) is 10.7 Å². The molecule has 152 valence electrons. The van der Waals surface area contributed by atoms with Crippen LogP contribution >= 0.6 is 0 Å². The monoisotopic (exact) mass is 403 g/mol. The summed E-state index contributed by atoms with van der Waals surface area (Å²) in [6, 6.07) is 12.9. The van der Waals surface area contributed by atoms with Crippen LogP contribution in [0.15, 0.2) is 41.4 Å². The van der Waals surface area contributed by atoms with Crippen molar-refractivity contribution in [3.8, 4) is 23.1 Å². The quantitative estimate of drug-likeness (QED) is 0.778. The number of fused-ring (bicyclic) bond motifs is 2. The largest absolute Gasteiger partial charge is 0.484 e. The standard InChI is InChI=1S/C22H21N5O3/c1-27-19(28)22(26-20(27)24)12-21(8-3-9-29-13-21)30-18-7-6-14(10-16(18)22)17-5-2-4-15(11-23)25-17/h2,4-7,10H,3,8-9,12-13H2,1H3,(H2,24,26)/t21-,22-/m0/s1. The molecule has 1 saturated heterocycles. The highest BCUT2D eigenvalue weighted by molar-refractivity contribution is 6.07. The van der Waals surface area contributed by atoms with E-state index in [1.165, 1.54) is 4.90 Å². The Labute approximate surface area is 173 Å². The van der Waals surface area contributed by atoms with Crippen molar-refractivity contribution in [3.05, 3.63) is 47.7 Å². The summed E-state index contributed by atoms with van der Waals surface area (Å²) >= 11 is 0. The lowest BCUT2D eigenvalue weighted by Crippen LogP contribution is -2.55. The summed E-state index contributed by atoms with van der Waals surface area (Å²) in [6.45, 7) is 1.10. The zero-order chi connectivity index (χ0) is 20.9. The number of guanidine groups is 1. The normalized spacial score (nSPS) is 27.5. The van der Waals surface area contributed by atoms with Crippen molar-refractivity contribution in [1.29, 1.82) is 5.26 Å². The Kier molecular flexibility index (Phi) is 4.05. The maximum atomic E-state index is 13.4. The van der Waals surface area contributed by atoms with Crippen LogP contribution in [0.4, 0.5) is 0 Å². The predicted octanol–water partition coefficient (Wildman–Crippen LogP) is 1.93. The maximum absolute atomic E-state index is 13.4. The van der Waals surface area contributed by atoms with Crippen LogP contribution in [0.25, 0.3) is 11.3 Å². The molecule has 5 rings (SSSR count). The molecule has 0 radical (unpaired) electrons. The van der Waals surface area contributed by atoms with Gasteiger partial charge in [-0.2, -0.15) is 5.26 Å². The summed E-state index contributed by atoms with van der Waals surface area (Å²) in [6.07, 6.45) is 2.01. The summed E-state index contributed by atoms with van der Waals surface area (Å²) in [5.74, 6) is 0.618. The average molecular weight is 403 g/mol. The van der Waals surface area contributed by atoms with E-state index in [4.69, 9.17) is 15.2 Å². The highest BCUT2D eigenvalue weighted by Crippen LogP contribution is 2.51. The summed E-state index contributed by atoms with van der Waals surface area (Å²) in [4.78, 5) is 23.8. The van der Waals surface area contributed by atoms with Crippen LogP contribution < -0.4 is 10.5 Å². The Morgan fingerprint density at radius 3 is 2.87 bits per heavy atom. The van der Waals surface area contributed by atoms with Gasteiger partial charge in [-0.15, -0.1) is 0 Å². The molecule has 8 heteroatoms. The number of nitrogens with two attached hydrogens (primary N) is 1. The molecule has 0 saturated carbocycles. The number of likely N-dealkylation sites (N-methyl/N-ethyl adjacent to an activating group) is 1. The van der Waals surface area contributed by atoms with Gasteiger partial charge in [0, 0.05) is 31.2 Å². The number of carbonyl (C=O) groups is 1. The molecule has 30 heavy (non-hydrogen) atoms. The molecule has 2 aromatic rings. The fraction of sp³-hybridized carbons (Fsp3) is 0.364. The van der Waals surface area contributed by atoms with Crippen LogP contribution in [0.3, 0.4) is 0 Å². The molecule has 2 spiro atoms. The fourth-order valence-electron chi connectivity index (χ4n) is 4.63. The van der Waals surface area contributed by atoms with Gasteiger partial charge >= 0.3 is 0 Å². The first-order valence-corrected chi connectivity index (χ1v) is 9.89. The molecule has 1 amide bonds. The highest BCUT2D eigenvalue weighted by Gasteiger charge is 2.58. The van der Waals surface area contributed by atoms with E-state index in [0.29, 0.717) is 42.3 Å². The van der Waals surface area contributed by atoms with Crippen molar-refractivity contribution < 1.29 is 14.3 Å². The number of aromatic nitrogens is 1. The third kappa shape index (κ3) is 2.66. The third-order valence-corrected chi connectivity index (χ3v) is 6.08. The number of benzene rings is 1. The van der Waals surface area contributed by atoms with Crippen molar-refractivity contribution in [2.75, 3.05) is 20.3 Å². The molecule has 3 aliphatic heterocycles. The van der Waals surface area contributed by atoms with Crippen LogP contribution in [-0.2, 0) is 15.1 Å². The molecule has 0 aliphatic carbocycles. The van der Waals surface area contributed by atoms with E-state index in [1.54, 1.807) is 19.2 Å². The van der Waals surface area contributed by atoms with Gasteiger partial charge in [-0.1, -0.05) is 6.07 Å². The van der Waals surface area contributed by atoms with E-state index in [-0.39, 0.29) is 11.9 Å². The summed E-state index contributed by atoms with van der Waals surface area (Å²) in [5, 5.41) is 9.18. The number of rotatable bonds is 1. The van der Waals surface area contributed by atoms with Crippen LogP contribution in [0.5, 0.6) is 5.75 Å². The molecule has 8 nitrogen and oxygen atoms in total. The van der Waals surface area contributed by atoms with E-state index in [0.717, 1.165) is 18.4 Å². The molecule has 0 bridgehead atoms. The number of pyridine rings is 1. The van der Waals surface area contributed by atoms with E-state index < -0.39 is 11.1 Å². The van der Waals surface area contributed by atoms with Gasteiger partial charge in [0.15, 0.2) is 11.5 Å². The lowest BCUT2D eigenvalue weighted by atomic mass is 9.74. The smallest absolute Gasteiger partial charge is 0.261 e. The minimum absolute atomic E-state index is 0.176. The van der Waals surface area contributed by atoms with Crippen LogP contribution in [0, 0.1) is 11.3 Å². The molecule has 2 atom stereocenters. The number of nitriles is 1. The van der Waals surface area contributed by atoms with E-state index in [1.807, 2.05) is 24.3 Å². The molecular formula is C22H21N5O3. The van der Waals surface area contributed by atoms with Crippen LogP contribution in [0.2, 0.25) is 0 Å². The fourth-order valence-corrected chi connectivity index (χ4v) is 4.63. The SMILES string of the molecule is CN1C(=O)[C@@]2(C[C@]3(CCCOC3)Oc3ccc(-c4cccc(C#N)n4)cc32)N=C1N. The Bertz CT molecular complexity index is 1120. The van der Waals surface area contributed by atoms with Gasteiger partial charge in [0.2, 0.25) is 0 Å². The zero-order valence-corrected chi connectivity index (χ0v) is 16.6. The topological polar surface area (TPSA) is 114 Å². The summed E-state index contributed by atoms with van der Waals surface area (Å²) in [5.41, 5.74) is 6.71. The maximum Gasteiger partial charge on any atom is 0.261 e. The Morgan fingerprint density at radius 1 is 1.30 bits per heavy atom. The lowest BCUT2D eigenvalue weighted by molar-refractivity contribution is -0.139. The van der Waals surface area contributed by atoms with Crippen LogP contribution in [-0.4, -0.2) is 47.6 Å². The number of nitrogens with zero attached hydrogens (tertiary/aromatic N) is 4. The number of hydrogen-bond acceptors (Lipinski definition) is 7. The Balaban J connectivity index is 1.68. The number of aliphatic imine (C=N–C) groups is 1. The number of hydrogen-bond donors (Lipinski definition) is 1. The first kappa shape index (κ1) is 18.6. The van der Waals surface area contributed by atoms with Gasteiger partial charge in [0.1, 0.15) is 23.1 Å². The zero-order valence-electron chi connectivity index (χ0n) is 16.6. The van der Waals surface area contributed by atoms with Gasteiger partial charge < -0.3 is 15.2 Å². The van der Waals surface area contributed by atoms with Crippen LogP contribution in [0.1, 0.15) is 30.5 Å². The number of ether oxygens (including phenoxy) is 2. The third-order valence-electron chi connectivity index (χ3n) is 6.08. The molecule has 3 aliphatic rings. The highest BCUT2D eigenvalue weighted by atomic mass is 16.5. The Morgan fingerprint density at radius 2 is 2.17 bits per heavy atom. The van der Waals surface area contributed by atoms with Crippen molar-refractivity contribution in [3.63, 3.8) is 0 Å². The molecule has 4 heterocycles. The molecular weight excluding hydrogens is 382 g/mol. The van der Waals surface area contributed by atoms with E-state index >= 15 is 0 Å². The lowest BCUT2D eigenvalue weighted by Gasteiger charge is -2.46. The second-order valence-corrected chi connectivity index (χ2v) is 8.04. The van der Waals surface area contributed by atoms with Gasteiger partial charge in [-0.25, -0.2) is 9.98 Å². The van der Waals surface area contributed by atoms with Crippen molar-refractivity contribution in [1.82, 2.24) is 9.88 Å². The van der Waals surface area contributed by atoms with E-state index in [2.05, 4.69) is 16.0 Å². The van der Waals surface area contributed by atoms with Crippen molar-refractivity contribution in [2.45, 2.75) is 30.4 Å². The minimum atomic E-state index is -1.16. The summed E-state index contributed by atoms with van der Waals surface area (Å²) in [7, 11) is 1.64. The number of carbonyl (C=O) groups excluding carboxylic acids is 1. The molecule has 2 N–H and O–H groups in total. The van der Waals surface area contributed by atoms with Crippen molar-refractivity contribution >= 4 is 11.9 Å². The predicted molar refractivity (Wildman–Crippen MR) is 108 cm³/mol. The Hall–Kier alpha value is -3.44. The minimum Gasteiger partial charge on any atom is -0.484 e. The first-order valence-electron chi connectivity index (χ1n) is 9.89. The summed E-state index contributed by atoms with van der Waals surface area (Å²) < 4.78 is 12.1. The van der Waals surface area contributed by atoms with Gasteiger partial charge in [-0.3, -0.25) is 9.69 Å². The first-order chi connectivity index (χ1) is 14.5. The molecule has 1 aromatic carbocycles. The van der Waals surface area contributed by atoms with Gasteiger partial charge in [-0.05, 0) is 43.2 Å². The second-order valence-electron chi connectivity index (χ2n) is 8.04. The van der Waals surface area contributed by atoms with Gasteiger partial charge in [0.25, 0.3) is 5.91 Å². The average Bonchev–Trinajstić information content (AvgIpc) is 2.98. The van der Waals surface area contributed by atoms with E-state index in [9.17, 15) is 10.1 Å².